The highest BCUT2D eigenvalue weighted by Gasteiger charge is 2.31. The highest BCUT2D eigenvalue weighted by molar-refractivity contribution is 5.68. The van der Waals surface area contributed by atoms with Crippen molar-refractivity contribution in [1.29, 1.82) is 0 Å². The van der Waals surface area contributed by atoms with E-state index in [1.54, 1.807) is 0 Å². The van der Waals surface area contributed by atoms with Gasteiger partial charge in [-0.25, -0.2) is 4.79 Å². The molecule has 1 aromatic rings. The second-order valence-corrected chi connectivity index (χ2v) is 7.89. The Morgan fingerprint density at radius 3 is 2.67 bits per heavy atom. The van der Waals surface area contributed by atoms with Gasteiger partial charge in [-0.2, -0.15) is 0 Å². The van der Waals surface area contributed by atoms with Crippen LogP contribution in [0.25, 0.3) is 0 Å². The molecule has 24 heavy (non-hydrogen) atoms. The van der Waals surface area contributed by atoms with Crippen molar-refractivity contribution in [3.8, 4) is 0 Å². The number of amides is 1. The number of aryl methyl sites for hydroxylation is 1. The molecule has 0 aromatic carbocycles. The van der Waals surface area contributed by atoms with Gasteiger partial charge >= 0.3 is 6.09 Å². The molecule has 1 amide bonds. The molecule has 1 atom stereocenters. The van der Waals surface area contributed by atoms with Gasteiger partial charge in [0.1, 0.15) is 5.60 Å². The van der Waals surface area contributed by atoms with Crippen LogP contribution in [-0.2, 0) is 18.3 Å². The quantitative estimate of drug-likeness (QED) is 0.838. The number of likely N-dealkylation sites (tertiary alicyclic amines) is 1. The number of nitrogens with zero attached hydrogens (tertiary/aromatic N) is 2. The molecule has 1 N–H and O–H groups in total. The molecule has 0 radical (unpaired) electrons. The minimum absolute atomic E-state index is 0.167. The summed E-state index contributed by atoms with van der Waals surface area (Å²) in [6, 6.07) is 2.54. The van der Waals surface area contributed by atoms with Crippen molar-refractivity contribution < 1.29 is 9.53 Å². The van der Waals surface area contributed by atoms with Gasteiger partial charge in [0.25, 0.3) is 0 Å². The summed E-state index contributed by atoms with van der Waals surface area (Å²) in [6.07, 6.45) is 2.95. The lowest BCUT2D eigenvalue weighted by Crippen LogP contribution is -2.40. The molecule has 1 aliphatic rings. The number of hydrogen-bond acceptors (Lipinski definition) is 3. The molecule has 0 saturated carbocycles. The van der Waals surface area contributed by atoms with Crippen molar-refractivity contribution >= 4 is 6.09 Å². The van der Waals surface area contributed by atoms with Crippen LogP contribution < -0.4 is 5.32 Å². The first kappa shape index (κ1) is 18.8. The smallest absolute Gasteiger partial charge is 0.410 e. The van der Waals surface area contributed by atoms with Gasteiger partial charge in [-0.3, -0.25) is 0 Å². The van der Waals surface area contributed by atoms with Gasteiger partial charge in [-0.05, 0) is 72.1 Å². The summed E-state index contributed by atoms with van der Waals surface area (Å²) in [4.78, 5) is 14.2. The van der Waals surface area contributed by atoms with Crippen LogP contribution in [-0.4, -0.2) is 40.3 Å². The molecule has 2 rings (SSSR count). The highest BCUT2D eigenvalue weighted by atomic mass is 16.6. The number of nitrogens with one attached hydrogen (secondary N) is 1. The van der Waals surface area contributed by atoms with Gasteiger partial charge in [-0.15, -0.1) is 0 Å². The maximum atomic E-state index is 12.3. The first-order chi connectivity index (χ1) is 11.2. The maximum absolute atomic E-state index is 12.3. The molecule has 1 saturated heterocycles. The molecular weight excluding hydrogens is 302 g/mol. The average molecular weight is 335 g/mol. The van der Waals surface area contributed by atoms with Gasteiger partial charge in [0, 0.05) is 37.6 Å². The van der Waals surface area contributed by atoms with Gasteiger partial charge in [0.2, 0.25) is 0 Å². The Hall–Kier alpha value is -1.49. The Labute approximate surface area is 146 Å². The Morgan fingerprint density at radius 1 is 1.38 bits per heavy atom. The Balaban J connectivity index is 1.79. The molecule has 1 fully saturated rings. The Bertz CT molecular complexity index is 572. The van der Waals surface area contributed by atoms with Gasteiger partial charge in [-0.1, -0.05) is 0 Å². The molecule has 0 aliphatic carbocycles. The minimum atomic E-state index is -0.425. The second-order valence-electron chi connectivity index (χ2n) is 7.89. The minimum Gasteiger partial charge on any atom is -0.444 e. The third-order valence-corrected chi connectivity index (χ3v) is 4.85. The third-order valence-electron chi connectivity index (χ3n) is 4.85. The molecule has 0 bridgehead atoms. The molecule has 2 heterocycles. The zero-order valence-electron chi connectivity index (χ0n) is 16.1. The topological polar surface area (TPSA) is 46.5 Å². The molecule has 1 aromatic heterocycles. The summed E-state index contributed by atoms with van der Waals surface area (Å²) in [6.45, 7) is 12.7. The van der Waals surface area contributed by atoms with E-state index in [0.29, 0.717) is 6.04 Å². The normalized spacial score (nSPS) is 18.2. The average Bonchev–Trinajstić information content (AvgIpc) is 3.03. The first-order valence-corrected chi connectivity index (χ1v) is 9.01. The monoisotopic (exact) mass is 335 g/mol. The van der Waals surface area contributed by atoms with Gasteiger partial charge in [0.15, 0.2) is 0 Å². The summed E-state index contributed by atoms with van der Waals surface area (Å²) in [7, 11) is 2.10. The molecular formula is C19H33N3O2. The van der Waals surface area contributed by atoms with E-state index in [-0.39, 0.29) is 6.09 Å². The van der Waals surface area contributed by atoms with E-state index in [1.165, 1.54) is 17.0 Å². The Kier molecular flexibility index (Phi) is 5.97. The highest BCUT2D eigenvalue weighted by Crippen LogP contribution is 2.22. The van der Waals surface area contributed by atoms with Crippen LogP contribution in [0.2, 0.25) is 0 Å². The molecule has 5 heteroatoms. The zero-order chi connectivity index (χ0) is 17.9. The number of carbonyl (C=O) groups is 1. The predicted molar refractivity (Wildman–Crippen MR) is 97.2 cm³/mol. The molecule has 136 valence electrons. The summed E-state index contributed by atoms with van der Waals surface area (Å²) in [5.41, 5.74) is 3.53. The fourth-order valence-corrected chi connectivity index (χ4v) is 3.30. The number of rotatable bonds is 5. The Morgan fingerprint density at radius 2 is 2.08 bits per heavy atom. The molecule has 1 aliphatic heterocycles. The van der Waals surface area contributed by atoms with E-state index in [4.69, 9.17) is 4.74 Å². The molecule has 5 nitrogen and oxygen atoms in total. The van der Waals surface area contributed by atoms with E-state index >= 15 is 0 Å². The van der Waals surface area contributed by atoms with E-state index < -0.39 is 5.60 Å². The van der Waals surface area contributed by atoms with Crippen molar-refractivity contribution in [2.24, 2.45) is 7.05 Å². The summed E-state index contributed by atoms with van der Waals surface area (Å²) in [5.74, 6) is 0. The number of ether oxygens (including phenoxy) is 1. The van der Waals surface area contributed by atoms with Crippen molar-refractivity contribution in [2.75, 3.05) is 13.1 Å². The summed E-state index contributed by atoms with van der Waals surface area (Å²) in [5, 5.41) is 3.53. The van der Waals surface area contributed by atoms with E-state index in [1.807, 2.05) is 25.7 Å². The largest absolute Gasteiger partial charge is 0.444 e. The molecule has 0 spiro atoms. The number of aromatic nitrogens is 1. The lowest BCUT2D eigenvalue weighted by Gasteiger charge is -2.28. The van der Waals surface area contributed by atoms with Gasteiger partial charge in [0.05, 0.1) is 0 Å². The van der Waals surface area contributed by atoms with Crippen molar-refractivity contribution in [3.63, 3.8) is 0 Å². The van der Waals surface area contributed by atoms with E-state index in [0.717, 1.165) is 38.9 Å². The van der Waals surface area contributed by atoms with Crippen LogP contribution in [0, 0.1) is 13.8 Å². The van der Waals surface area contributed by atoms with Crippen LogP contribution in [0.4, 0.5) is 4.79 Å². The van der Waals surface area contributed by atoms with Crippen LogP contribution in [0.15, 0.2) is 6.07 Å². The van der Waals surface area contributed by atoms with Crippen LogP contribution in [0.1, 0.15) is 57.0 Å². The maximum Gasteiger partial charge on any atom is 0.410 e. The SMILES string of the molecule is Cc1cc(CNCCC2CCCN2C(=O)OC(C)(C)C)c(C)n1C. The fourth-order valence-electron chi connectivity index (χ4n) is 3.30. The predicted octanol–water partition coefficient (Wildman–Crippen LogP) is 3.52. The summed E-state index contributed by atoms with van der Waals surface area (Å²) < 4.78 is 7.74. The van der Waals surface area contributed by atoms with E-state index in [2.05, 4.69) is 36.8 Å². The second kappa shape index (κ2) is 7.60. The number of hydrogen-bond donors (Lipinski definition) is 1. The van der Waals surface area contributed by atoms with Gasteiger partial charge < -0.3 is 19.5 Å². The summed E-state index contributed by atoms with van der Waals surface area (Å²) >= 11 is 0. The van der Waals surface area contributed by atoms with Crippen molar-refractivity contribution in [3.05, 3.63) is 23.0 Å². The number of carbonyl (C=O) groups excluding carboxylic acids is 1. The van der Waals surface area contributed by atoms with Crippen LogP contribution in [0.3, 0.4) is 0 Å². The lowest BCUT2D eigenvalue weighted by molar-refractivity contribution is 0.0220. The zero-order valence-corrected chi connectivity index (χ0v) is 16.1. The van der Waals surface area contributed by atoms with Crippen LogP contribution >= 0.6 is 0 Å². The van der Waals surface area contributed by atoms with E-state index in [9.17, 15) is 4.79 Å². The standard InChI is InChI=1S/C19H33N3O2/c1-14-12-16(15(2)21(14)6)13-20-10-9-17-8-7-11-22(17)18(23)24-19(3,4)5/h12,17,20H,7-11,13H2,1-6H3. The van der Waals surface area contributed by atoms with Crippen molar-refractivity contribution in [2.45, 2.75) is 72.1 Å². The third kappa shape index (κ3) is 4.76. The lowest BCUT2D eigenvalue weighted by atomic mass is 10.1. The molecule has 1 unspecified atom stereocenters. The first-order valence-electron chi connectivity index (χ1n) is 9.01. The van der Waals surface area contributed by atoms with Crippen molar-refractivity contribution in [1.82, 2.24) is 14.8 Å². The van der Waals surface area contributed by atoms with Crippen LogP contribution in [0.5, 0.6) is 0 Å². The fraction of sp³-hybridized carbons (Fsp3) is 0.737.